The van der Waals surface area contributed by atoms with Crippen LogP contribution in [0.1, 0.15) is 56.1 Å². The van der Waals surface area contributed by atoms with E-state index in [0.29, 0.717) is 38.9 Å². The number of piperazine rings is 1. The van der Waals surface area contributed by atoms with E-state index >= 15 is 13.2 Å². The molecule has 2 bridgehead atoms. The molecule has 7 rings (SSSR count). The number of halogens is 5. The first-order valence-electron chi connectivity index (χ1n) is 15.8. The Labute approximate surface area is 263 Å². The van der Waals surface area contributed by atoms with E-state index in [1.165, 1.54) is 0 Å². The number of aromatic nitrogens is 2. The molecule has 244 valence electrons. The standard InChI is InChI=1S/C33H36F5N7O/c1-33(14-44(2)8-7-17(33)10-34)15-46-32-42-30-20(31(43-32)45-12-18-5-6-19(13-45)41-18)9-22(35)25(27(30)37)24-21(11-39)29(40)28(38)26(36)23(24)16-3-4-16/h9,16-19,41H,3-8,10,12-15,40H2,1-2H3/t17-,18-,19+,33+/m1/s1. The lowest BCUT2D eigenvalue weighted by molar-refractivity contribution is 0.000322. The van der Waals surface area contributed by atoms with Gasteiger partial charge in [0.05, 0.1) is 30.1 Å². The SMILES string of the molecule is CN1CC[C@H](CF)[C@](C)(COc2nc(N3C[C@H]4CC[C@@H](C3)N4)c3cc(F)c(-c4c(C#N)c(N)c(F)c(F)c4C4CC4)c(F)c3n2)C1. The van der Waals surface area contributed by atoms with E-state index in [2.05, 4.69) is 20.2 Å². The molecule has 1 aliphatic carbocycles. The van der Waals surface area contributed by atoms with Crippen LogP contribution < -0.4 is 20.7 Å². The van der Waals surface area contributed by atoms with Crippen LogP contribution in [0.5, 0.6) is 6.01 Å². The molecular formula is C33H36F5N7O. The summed E-state index contributed by atoms with van der Waals surface area (Å²) in [4.78, 5) is 13.1. The van der Waals surface area contributed by atoms with Crippen molar-refractivity contribution in [3.05, 3.63) is 40.5 Å². The first kappa shape index (κ1) is 30.9. The minimum Gasteiger partial charge on any atom is -0.463 e. The van der Waals surface area contributed by atoms with Crippen molar-refractivity contribution >= 4 is 22.4 Å². The Hall–Kier alpha value is -3.76. The number of hydrogen-bond donors (Lipinski definition) is 2. The van der Waals surface area contributed by atoms with E-state index < -0.39 is 63.7 Å². The van der Waals surface area contributed by atoms with Crippen LogP contribution in [0.3, 0.4) is 0 Å². The Morgan fingerprint density at radius 3 is 2.41 bits per heavy atom. The number of rotatable bonds is 7. The van der Waals surface area contributed by atoms with Gasteiger partial charge in [0.1, 0.15) is 23.2 Å². The number of nitrogen functional groups attached to an aromatic ring is 1. The van der Waals surface area contributed by atoms with Crippen molar-refractivity contribution in [2.45, 2.75) is 57.0 Å². The highest BCUT2D eigenvalue weighted by Crippen LogP contribution is 2.50. The van der Waals surface area contributed by atoms with Crippen LogP contribution in [0.4, 0.5) is 33.5 Å². The van der Waals surface area contributed by atoms with Gasteiger partial charge >= 0.3 is 6.01 Å². The van der Waals surface area contributed by atoms with Gasteiger partial charge in [0, 0.05) is 53.6 Å². The zero-order chi connectivity index (χ0) is 32.5. The predicted octanol–water partition coefficient (Wildman–Crippen LogP) is 5.43. The summed E-state index contributed by atoms with van der Waals surface area (Å²) in [5, 5.41) is 13.6. The van der Waals surface area contributed by atoms with Crippen molar-refractivity contribution in [3.8, 4) is 23.2 Å². The number of likely N-dealkylation sites (tertiary alicyclic amines) is 1. The molecule has 3 aromatic rings. The average Bonchev–Trinajstić information content (AvgIpc) is 3.81. The number of fused-ring (bicyclic) bond motifs is 3. The number of ether oxygens (including phenoxy) is 1. The molecule has 3 N–H and O–H groups in total. The molecule has 0 spiro atoms. The molecule has 8 nitrogen and oxygen atoms in total. The predicted molar refractivity (Wildman–Crippen MR) is 163 cm³/mol. The van der Waals surface area contributed by atoms with Crippen LogP contribution in [0.15, 0.2) is 6.07 Å². The van der Waals surface area contributed by atoms with Gasteiger partial charge in [0.15, 0.2) is 17.5 Å². The van der Waals surface area contributed by atoms with Gasteiger partial charge in [-0.25, -0.2) is 17.6 Å². The molecular weight excluding hydrogens is 605 g/mol. The summed E-state index contributed by atoms with van der Waals surface area (Å²) in [6.45, 7) is 3.91. The topological polar surface area (TPSA) is 103 Å². The number of nitrogens with one attached hydrogen (secondary N) is 1. The van der Waals surface area contributed by atoms with Crippen molar-refractivity contribution in [1.29, 1.82) is 5.26 Å². The Morgan fingerprint density at radius 1 is 1.04 bits per heavy atom. The highest BCUT2D eigenvalue weighted by molar-refractivity contribution is 5.95. The number of alkyl halides is 1. The summed E-state index contributed by atoms with van der Waals surface area (Å²) >= 11 is 0. The minimum atomic E-state index is -1.41. The van der Waals surface area contributed by atoms with Gasteiger partial charge in [0.25, 0.3) is 0 Å². The largest absolute Gasteiger partial charge is 0.463 e. The molecule has 4 heterocycles. The van der Waals surface area contributed by atoms with E-state index in [-0.39, 0.29) is 52.9 Å². The molecule has 3 saturated heterocycles. The van der Waals surface area contributed by atoms with Crippen molar-refractivity contribution < 1.29 is 26.7 Å². The quantitative estimate of drug-likeness (QED) is 0.260. The highest BCUT2D eigenvalue weighted by Gasteiger charge is 2.41. The van der Waals surface area contributed by atoms with Crippen LogP contribution in [-0.2, 0) is 0 Å². The zero-order valence-corrected chi connectivity index (χ0v) is 25.8. The molecule has 4 fully saturated rings. The van der Waals surface area contributed by atoms with Gasteiger partial charge in [-0.1, -0.05) is 6.92 Å². The monoisotopic (exact) mass is 641 g/mol. The second-order valence-electron chi connectivity index (χ2n) is 13.7. The maximum atomic E-state index is 16.9. The second-order valence-corrected chi connectivity index (χ2v) is 13.7. The summed E-state index contributed by atoms with van der Waals surface area (Å²) in [6, 6.07) is 3.02. The lowest BCUT2D eigenvalue weighted by Gasteiger charge is -2.43. The molecule has 2 aromatic carbocycles. The number of benzene rings is 2. The Morgan fingerprint density at radius 2 is 1.76 bits per heavy atom. The molecule has 0 unspecified atom stereocenters. The van der Waals surface area contributed by atoms with Crippen molar-refractivity contribution in [2.75, 3.05) is 57.1 Å². The second kappa shape index (κ2) is 11.5. The van der Waals surface area contributed by atoms with E-state index in [0.717, 1.165) is 25.5 Å². The summed E-state index contributed by atoms with van der Waals surface area (Å²) in [5.41, 5.74) is 2.22. The normalized spacial score (nSPS) is 26.5. The van der Waals surface area contributed by atoms with E-state index in [9.17, 15) is 14.0 Å². The van der Waals surface area contributed by atoms with Crippen LogP contribution >= 0.6 is 0 Å². The van der Waals surface area contributed by atoms with Crippen LogP contribution in [-0.4, -0.2) is 73.5 Å². The van der Waals surface area contributed by atoms with Gasteiger partial charge < -0.3 is 25.6 Å². The zero-order valence-electron chi connectivity index (χ0n) is 25.8. The third-order valence-electron chi connectivity index (χ3n) is 10.4. The van der Waals surface area contributed by atoms with Crippen LogP contribution in [0.25, 0.3) is 22.0 Å². The lowest BCUT2D eigenvalue weighted by atomic mass is 9.73. The van der Waals surface area contributed by atoms with Crippen molar-refractivity contribution in [2.24, 2.45) is 11.3 Å². The smallest absolute Gasteiger partial charge is 0.319 e. The molecule has 13 heteroatoms. The van der Waals surface area contributed by atoms with Crippen molar-refractivity contribution in [3.63, 3.8) is 0 Å². The van der Waals surface area contributed by atoms with Crippen molar-refractivity contribution in [1.82, 2.24) is 20.2 Å². The fourth-order valence-corrected chi connectivity index (χ4v) is 7.73. The summed E-state index contributed by atoms with van der Waals surface area (Å²) in [7, 11) is 1.96. The van der Waals surface area contributed by atoms with E-state index in [1.807, 2.05) is 18.9 Å². The molecule has 46 heavy (non-hydrogen) atoms. The van der Waals surface area contributed by atoms with E-state index in [1.54, 1.807) is 6.07 Å². The maximum absolute atomic E-state index is 16.9. The van der Waals surface area contributed by atoms with Gasteiger partial charge in [-0.15, -0.1) is 0 Å². The first-order chi connectivity index (χ1) is 22.0. The number of anilines is 2. The molecule has 1 saturated carbocycles. The Balaban J connectivity index is 1.40. The van der Waals surface area contributed by atoms with E-state index in [4.69, 9.17) is 10.5 Å². The first-order valence-corrected chi connectivity index (χ1v) is 15.8. The Kier molecular flexibility index (Phi) is 7.71. The fourth-order valence-electron chi connectivity index (χ4n) is 7.73. The average molecular weight is 642 g/mol. The highest BCUT2D eigenvalue weighted by atomic mass is 19.2. The number of nitrogens with two attached hydrogens (primary N) is 1. The van der Waals surface area contributed by atoms with Crippen LogP contribution in [0, 0.1) is 45.9 Å². The third-order valence-corrected chi connectivity index (χ3v) is 10.4. The Bertz CT molecular complexity index is 1750. The van der Waals surface area contributed by atoms with Gasteiger partial charge in [0.2, 0.25) is 0 Å². The molecule has 0 radical (unpaired) electrons. The summed E-state index contributed by atoms with van der Waals surface area (Å²) < 4.78 is 83.4. The van der Waals surface area contributed by atoms with Gasteiger partial charge in [-0.2, -0.15) is 15.2 Å². The molecule has 4 atom stereocenters. The number of hydrogen-bond acceptors (Lipinski definition) is 8. The fraction of sp³-hybridized carbons (Fsp3) is 0.545. The number of nitriles is 1. The number of piperidine rings is 1. The molecule has 0 amide bonds. The van der Waals surface area contributed by atoms with Gasteiger partial charge in [-0.05, 0) is 63.6 Å². The molecule has 4 aliphatic rings. The third kappa shape index (κ3) is 5.10. The minimum absolute atomic E-state index is 0.0590. The lowest BCUT2D eigenvalue weighted by Crippen LogP contribution is -2.51. The maximum Gasteiger partial charge on any atom is 0.319 e. The van der Waals surface area contributed by atoms with Crippen LogP contribution in [0.2, 0.25) is 0 Å². The molecule has 3 aliphatic heterocycles. The number of nitrogens with zero attached hydrogens (tertiary/aromatic N) is 5. The molecule has 1 aromatic heterocycles. The van der Waals surface area contributed by atoms with Gasteiger partial charge in [-0.3, -0.25) is 4.39 Å². The summed E-state index contributed by atoms with van der Waals surface area (Å²) in [6.07, 6.45) is 3.50. The summed E-state index contributed by atoms with van der Waals surface area (Å²) in [5.74, 6) is -5.45.